The zero-order valence-corrected chi connectivity index (χ0v) is 15.2. The largest absolute Gasteiger partial charge is 0.333 e. The summed E-state index contributed by atoms with van der Waals surface area (Å²) in [7, 11) is 0. The number of amides is 1. The predicted molar refractivity (Wildman–Crippen MR) is 98.1 cm³/mol. The molecule has 0 bridgehead atoms. The van der Waals surface area contributed by atoms with Crippen LogP contribution in [0.25, 0.3) is 0 Å². The van der Waals surface area contributed by atoms with Crippen molar-refractivity contribution in [2.75, 3.05) is 19.6 Å². The molecule has 27 heavy (non-hydrogen) atoms. The number of nitrogens with one attached hydrogen (secondary N) is 1. The van der Waals surface area contributed by atoms with Crippen LogP contribution in [0.15, 0.2) is 29.2 Å². The van der Waals surface area contributed by atoms with E-state index in [1.807, 2.05) is 10.7 Å². The molecule has 144 valence electrons. The average Bonchev–Trinajstić information content (AvgIpc) is 2.93. The van der Waals surface area contributed by atoms with Gasteiger partial charge in [0.1, 0.15) is 11.7 Å². The maximum absolute atomic E-state index is 13.3. The Morgan fingerprint density at radius 2 is 2.07 bits per heavy atom. The molecule has 0 aliphatic carbocycles. The van der Waals surface area contributed by atoms with E-state index in [9.17, 15) is 14.0 Å². The van der Waals surface area contributed by atoms with Gasteiger partial charge in [-0.25, -0.2) is 4.39 Å². The number of pyridine rings is 1. The minimum Gasteiger partial charge on any atom is -0.333 e. The molecule has 1 amide bonds. The van der Waals surface area contributed by atoms with Crippen molar-refractivity contribution >= 4 is 5.91 Å². The molecule has 2 aromatic heterocycles. The molecule has 0 spiro atoms. The number of nitrogens with zero attached hydrogens (tertiary/aromatic N) is 4. The van der Waals surface area contributed by atoms with Crippen LogP contribution in [-0.2, 0) is 19.6 Å². The lowest BCUT2D eigenvalue weighted by Crippen LogP contribution is -2.34. The number of alkyl halides is 1. The second kappa shape index (κ2) is 7.64. The summed E-state index contributed by atoms with van der Waals surface area (Å²) in [6, 6.07) is 5.25. The normalized spacial score (nSPS) is 18.9. The first-order valence-electron chi connectivity index (χ1n) is 9.49. The van der Waals surface area contributed by atoms with Crippen LogP contribution in [0.3, 0.4) is 0 Å². The van der Waals surface area contributed by atoms with Crippen LogP contribution in [0.5, 0.6) is 0 Å². The highest BCUT2D eigenvalue weighted by molar-refractivity contribution is 5.93. The summed E-state index contributed by atoms with van der Waals surface area (Å²) in [5.74, 6) is -0.252. The maximum atomic E-state index is 13.3. The topological polar surface area (TPSA) is 74.2 Å². The van der Waals surface area contributed by atoms with Crippen LogP contribution in [0.1, 0.15) is 41.0 Å². The van der Waals surface area contributed by atoms with Gasteiger partial charge in [0.2, 0.25) is 0 Å². The summed E-state index contributed by atoms with van der Waals surface area (Å²) in [6.45, 7) is 3.99. The van der Waals surface area contributed by atoms with E-state index in [0.717, 1.165) is 37.4 Å². The first-order valence-corrected chi connectivity index (χ1v) is 9.49. The van der Waals surface area contributed by atoms with Crippen molar-refractivity contribution in [3.05, 3.63) is 51.7 Å². The highest BCUT2D eigenvalue weighted by Gasteiger charge is 2.24. The summed E-state index contributed by atoms with van der Waals surface area (Å²) in [6.07, 6.45) is 2.80. The Morgan fingerprint density at radius 3 is 2.85 bits per heavy atom. The van der Waals surface area contributed by atoms with E-state index in [1.165, 1.54) is 6.20 Å². The van der Waals surface area contributed by atoms with Crippen LogP contribution >= 0.6 is 0 Å². The lowest BCUT2D eigenvalue weighted by atomic mass is 10.1. The molecule has 0 unspecified atom stereocenters. The fraction of sp³-hybridized carbons (Fsp3) is 0.526. The van der Waals surface area contributed by atoms with E-state index >= 15 is 0 Å². The molecule has 4 rings (SSSR count). The molecule has 2 aliphatic rings. The van der Waals surface area contributed by atoms with Crippen LogP contribution in [0, 0.1) is 0 Å². The molecule has 1 N–H and O–H groups in total. The second-order valence-corrected chi connectivity index (χ2v) is 7.29. The van der Waals surface area contributed by atoms with E-state index in [-0.39, 0.29) is 17.0 Å². The van der Waals surface area contributed by atoms with Crippen LogP contribution < -0.4 is 5.56 Å². The number of carbonyl (C=O) groups is 1. The second-order valence-electron chi connectivity index (χ2n) is 7.29. The van der Waals surface area contributed by atoms with Gasteiger partial charge in [-0.05, 0) is 37.5 Å². The van der Waals surface area contributed by atoms with Gasteiger partial charge in [-0.1, -0.05) is 0 Å². The number of halogens is 1. The summed E-state index contributed by atoms with van der Waals surface area (Å²) >= 11 is 0. The van der Waals surface area contributed by atoms with E-state index < -0.39 is 6.17 Å². The molecular formula is C19H24FN5O2. The van der Waals surface area contributed by atoms with Crippen molar-refractivity contribution in [2.24, 2.45) is 0 Å². The maximum Gasteiger partial charge on any atom is 0.260 e. The molecule has 0 aromatic carbocycles. The molecule has 4 heterocycles. The van der Waals surface area contributed by atoms with Gasteiger partial charge in [0.25, 0.3) is 11.5 Å². The molecule has 8 heteroatoms. The lowest BCUT2D eigenvalue weighted by molar-refractivity contribution is 0.0744. The molecule has 1 saturated heterocycles. The SMILES string of the molecule is O=C(c1ccc[nH]c1=O)N1CCCn2nc(CN3CCC(F)CC3)cc2C1. The summed E-state index contributed by atoms with van der Waals surface area (Å²) in [5.41, 5.74) is 1.73. The molecule has 2 aliphatic heterocycles. The smallest absolute Gasteiger partial charge is 0.260 e. The van der Waals surface area contributed by atoms with Gasteiger partial charge in [-0.15, -0.1) is 0 Å². The van der Waals surface area contributed by atoms with Gasteiger partial charge in [0.05, 0.1) is 17.9 Å². The summed E-state index contributed by atoms with van der Waals surface area (Å²) in [5, 5.41) is 4.68. The third kappa shape index (κ3) is 3.95. The molecular weight excluding hydrogens is 349 g/mol. The van der Waals surface area contributed by atoms with E-state index in [1.54, 1.807) is 17.0 Å². The quantitative estimate of drug-likeness (QED) is 0.886. The fourth-order valence-corrected chi connectivity index (χ4v) is 3.82. The fourth-order valence-electron chi connectivity index (χ4n) is 3.82. The summed E-state index contributed by atoms with van der Waals surface area (Å²) in [4.78, 5) is 31.2. The van der Waals surface area contributed by atoms with E-state index in [0.29, 0.717) is 32.5 Å². The van der Waals surface area contributed by atoms with Gasteiger partial charge in [0, 0.05) is 38.9 Å². The lowest BCUT2D eigenvalue weighted by Gasteiger charge is -2.27. The van der Waals surface area contributed by atoms with Crippen LogP contribution in [-0.4, -0.2) is 56.3 Å². The average molecular weight is 373 g/mol. The van der Waals surface area contributed by atoms with Gasteiger partial charge < -0.3 is 9.88 Å². The number of piperidine rings is 1. The van der Waals surface area contributed by atoms with Gasteiger partial charge in [-0.2, -0.15) is 5.10 Å². The Balaban J connectivity index is 1.47. The third-order valence-corrected chi connectivity index (χ3v) is 5.30. The Morgan fingerprint density at radius 1 is 1.26 bits per heavy atom. The molecule has 0 radical (unpaired) electrons. The monoisotopic (exact) mass is 373 g/mol. The van der Waals surface area contributed by atoms with Crippen molar-refractivity contribution in [2.45, 2.75) is 45.1 Å². The number of aryl methyl sites for hydroxylation is 1. The highest BCUT2D eigenvalue weighted by atomic mass is 19.1. The number of rotatable bonds is 3. The molecule has 0 saturated carbocycles. The minimum absolute atomic E-state index is 0.166. The summed E-state index contributed by atoms with van der Waals surface area (Å²) < 4.78 is 15.3. The Labute approximate surface area is 156 Å². The van der Waals surface area contributed by atoms with Gasteiger partial charge in [-0.3, -0.25) is 19.2 Å². The zero-order chi connectivity index (χ0) is 18.8. The van der Waals surface area contributed by atoms with Crippen molar-refractivity contribution < 1.29 is 9.18 Å². The number of aromatic nitrogens is 3. The van der Waals surface area contributed by atoms with Crippen molar-refractivity contribution in [3.8, 4) is 0 Å². The molecule has 2 aromatic rings. The number of likely N-dealkylation sites (tertiary alicyclic amines) is 1. The van der Waals surface area contributed by atoms with Crippen molar-refractivity contribution in [1.82, 2.24) is 24.6 Å². The number of H-pyrrole nitrogens is 1. The number of aromatic amines is 1. The van der Waals surface area contributed by atoms with Crippen LogP contribution in [0.2, 0.25) is 0 Å². The first-order chi connectivity index (χ1) is 13.1. The minimum atomic E-state index is -0.680. The number of hydrogen-bond donors (Lipinski definition) is 1. The number of hydrogen-bond acceptors (Lipinski definition) is 4. The number of carbonyl (C=O) groups excluding carboxylic acids is 1. The third-order valence-electron chi connectivity index (χ3n) is 5.30. The molecule has 0 atom stereocenters. The zero-order valence-electron chi connectivity index (χ0n) is 15.2. The number of fused-ring (bicyclic) bond motifs is 1. The Kier molecular flexibility index (Phi) is 5.07. The van der Waals surface area contributed by atoms with Gasteiger partial charge in [0.15, 0.2) is 0 Å². The Bertz CT molecular complexity index is 869. The standard InChI is InChI=1S/C19H24FN5O2/c20-14-4-9-23(10-5-14)12-15-11-16-13-24(7-2-8-25(16)22-15)19(27)17-3-1-6-21-18(17)26/h1,3,6,11,14H,2,4-5,7-10,12-13H2,(H,21,26). The van der Waals surface area contributed by atoms with Crippen molar-refractivity contribution in [1.29, 1.82) is 0 Å². The Hall–Kier alpha value is -2.48. The van der Waals surface area contributed by atoms with Crippen LogP contribution in [0.4, 0.5) is 4.39 Å². The van der Waals surface area contributed by atoms with Crippen molar-refractivity contribution in [3.63, 3.8) is 0 Å². The highest BCUT2D eigenvalue weighted by Crippen LogP contribution is 2.19. The first kappa shape index (κ1) is 17.9. The molecule has 7 nitrogen and oxygen atoms in total. The van der Waals surface area contributed by atoms with Gasteiger partial charge >= 0.3 is 0 Å². The van der Waals surface area contributed by atoms with E-state index in [2.05, 4.69) is 15.0 Å². The van der Waals surface area contributed by atoms with E-state index in [4.69, 9.17) is 0 Å². The predicted octanol–water partition coefficient (Wildman–Crippen LogP) is 1.55. The molecule has 1 fully saturated rings.